The van der Waals surface area contributed by atoms with Crippen molar-refractivity contribution in [2.75, 3.05) is 18.5 Å². The number of anilines is 1. The van der Waals surface area contributed by atoms with Crippen LogP contribution in [0, 0.1) is 10.1 Å². The van der Waals surface area contributed by atoms with Crippen LogP contribution in [-0.4, -0.2) is 36.2 Å². The average Bonchev–Trinajstić information content (AvgIpc) is 2.72. The Labute approximate surface area is 167 Å². The lowest BCUT2D eigenvalue weighted by Crippen LogP contribution is -2.13. The molecule has 0 aliphatic heterocycles. The number of oxime groups is 1. The fourth-order valence-corrected chi connectivity index (χ4v) is 2.31. The van der Waals surface area contributed by atoms with Crippen LogP contribution in [0.3, 0.4) is 0 Å². The molecule has 1 amide bonds. The maximum atomic E-state index is 12.4. The SMILES string of the molecule is CCOC(=O)CCCON=Cc1ccccc1NC(=O)c1ccc([N+](=O)[O-])cc1. The van der Waals surface area contributed by atoms with Crippen LogP contribution >= 0.6 is 0 Å². The molecule has 29 heavy (non-hydrogen) atoms. The number of nitrogens with one attached hydrogen (secondary N) is 1. The molecule has 2 aromatic rings. The number of non-ortho nitro benzene ring substituents is 1. The van der Waals surface area contributed by atoms with Crippen molar-refractivity contribution in [3.8, 4) is 0 Å². The standard InChI is InChI=1S/C20H21N3O6/c1-2-28-19(24)8-5-13-29-21-14-16-6-3-4-7-18(16)22-20(25)15-9-11-17(12-10-15)23(26)27/h3-4,6-7,9-12,14H,2,5,8,13H2,1H3,(H,22,25). The first kappa shape index (κ1) is 21.5. The Kier molecular flexibility index (Phi) is 8.30. The molecule has 0 saturated carbocycles. The molecule has 1 N–H and O–H groups in total. The van der Waals surface area contributed by atoms with E-state index in [2.05, 4.69) is 10.5 Å². The van der Waals surface area contributed by atoms with E-state index in [1.807, 2.05) is 0 Å². The second kappa shape index (κ2) is 11.2. The van der Waals surface area contributed by atoms with Gasteiger partial charge in [0.2, 0.25) is 0 Å². The lowest BCUT2D eigenvalue weighted by molar-refractivity contribution is -0.384. The summed E-state index contributed by atoms with van der Waals surface area (Å²) in [6, 6.07) is 12.3. The molecule has 0 bridgehead atoms. The Bertz CT molecular complexity index is 880. The normalized spacial score (nSPS) is 10.5. The Balaban J connectivity index is 1.91. The van der Waals surface area contributed by atoms with Crippen molar-refractivity contribution in [3.05, 3.63) is 69.8 Å². The van der Waals surface area contributed by atoms with E-state index in [-0.39, 0.29) is 30.2 Å². The molecule has 0 aliphatic carbocycles. The van der Waals surface area contributed by atoms with Gasteiger partial charge in [-0.15, -0.1) is 0 Å². The Morgan fingerprint density at radius 2 is 1.90 bits per heavy atom. The average molecular weight is 399 g/mol. The molecule has 0 aliphatic rings. The summed E-state index contributed by atoms with van der Waals surface area (Å²) in [5.41, 5.74) is 1.33. The molecular formula is C20H21N3O6. The fraction of sp³-hybridized carbons (Fsp3) is 0.250. The molecule has 9 heteroatoms. The van der Waals surface area contributed by atoms with Crippen LogP contribution in [-0.2, 0) is 14.4 Å². The minimum absolute atomic E-state index is 0.0887. The van der Waals surface area contributed by atoms with E-state index >= 15 is 0 Å². The third-order valence-corrected chi connectivity index (χ3v) is 3.74. The number of amides is 1. The molecule has 2 aromatic carbocycles. The Morgan fingerprint density at radius 1 is 1.17 bits per heavy atom. The van der Waals surface area contributed by atoms with Crippen LogP contribution in [0.5, 0.6) is 0 Å². The smallest absolute Gasteiger partial charge is 0.305 e. The second-order valence-corrected chi connectivity index (χ2v) is 5.82. The first-order valence-electron chi connectivity index (χ1n) is 8.97. The fourth-order valence-electron chi connectivity index (χ4n) is 2.31. The van der Waals surface area contributed by atoms with Crippen LogP contribution in [0.2, 0.25) is 0 Å². The maximum absolute atomic E-state index is 12.4. The van der Waals surface area contributed by atoms with E-state index in [1.165, 1.54) is 30.5 Å². The third-order valence-electron chi connectivity index (χ3n) is 3.74. The summed E-state index contributed by atoms with van der Waals surface area (Å²) in [5.74, 6) is -0.685. The molecular weight excluding hydrogens is 378 g/mol. The van der Waals surface area contributed by atoms with Gasteiger partial charge >= 0.3 is 5.97 Å². The van der Waals surface area contributed by atoms with Gasteiger partial charge in [0.1, 0.15) is 6.61 Å². The van der Waals surface area contributed by atoms with Crippen LogP contribution in [0.1, 0.15) is 35.7 Å². The van der Waals surface area contributed by atoms with E-state index in [0.29, 0.717) is 24.3 Å². The van der Waals surface area contributed by atoms with Crippen molar-refractivity contribution in [3.63, 3.8) is 0 Å². The lowest BCUT2D eigenvalue weighted by Gasteiger charge is -2.08. The number of para-hydroxylation sites is 1. The molecule has 0 atom stereocenters. The van der Waals surface area contributed by atoms with Crippen molar-refractivity contribution in [1.82, 2.24) is 0 Å². The van der Waals surface area contributed by atoms with Gasteiger partial charge in [0.15, 0.2) is 0 Å². The van der Waals surface area contributed by atoms with Gasteiger partial charge in [-0.2, -0.15) is 0 Å². The number of nitro groups is 1. The zero-order valence-corrected chi connectivity index (χ0v) is 15.9. The monoisotopic (exact) mass is 399 g/mol. The number of carbonyl (C=O) groups is 2. The van der Waals surface area contributed by atoms with Crippen molar-refractivity contribution >= 4 is 29.5 Å². The predicted molar refractivity (Wildman–Crippen MR) is 107 cm³/mol. The van der Waals surface area contributed by atoms with Crippen molar-refractivity contribution in [2.45, 2.75) is 19.8 Å². The summed E-state index contributed by atoms with van der Waals surface area (Å²) >= 11 is 0. The highest BCUT2D eigenvalue weighted by atomic mass is 16.6. The number of carbonyl (C=O) groups excluding carboxylic acids is 2. The number of hydrogen-bond donors (Lipinski definition) is 1. The summed E-state index contributed by atoms with van der Waals surface area (Å²) < 4.78 is 4.82. The van der Waals surface area contributed by atoms with Crippen LogP contribution in [0.4, 0.5) is 11.4 Å². The summed E-state index contributed by atoms with van der Waals surface area (Å²) in [6.45, 7) is 2.35. The molecule has 0 heterocycles. The largest absolute Gasteiger partial charge is 0.466 e. The van der Waals surface area contributed by atoms with E-state index in [4.69, 9.17) is 9.57 Å². The van der Waals surface area contributed by atoms with Gasteiger partial charge in [-0.05, 0) is 31.5 Å². The minimum atomic E-state index is -0.528. The predicted octanol–water partition coefficient (Wildman–Crippen LogP) is 3.54. The Morgan fingerprint density at radius 3 is 2.59 bits per heavy atom. The van der Waals surface area contributed by atoms with Crippen LogP contribution in [0.15, 0.2) is 53.7 Å². The topological polar surface area (TPSA) is 120 Å². The van der Waals surface area contributed by atoms with Gasteiger partial charge in [-0.3, -0.25) is 19.7 Å². The Hall–Kier alpha value is -3.75. The number of esters is 1. The number of nitro benzene ring substituents is 1. The molecule has 0 spiro atoms. The first-order valence-corrected chi connectivity index (χ1v) is 8.97. The van der Waals surface area contributed by atoms with E-state index in [1.54, 1.807) is 31.2 Å². The number of rotatable bonds is 10. The van der Waals surface area contributed by atoms with Gasteiger partial charge in [-0.1, -0.05) is 23.4 Å². The van der Waals surface area contributed by atoms with Gasteiger partial charge < -0.3 is 14.9 Å². The first-order chi connectivity index (χ1) is 14.0. The molecule has 152 valence electrons. The molecule has 2 rings (SSSR count). The summed E-state index contributed by atoms with van der Waals surface area (Å²) in [5, 5.41) is 17.3. The molecule has 9 nitrogen and oxygen atoms in total. The highest BCUT2D eigenvalue weighted by Crippen LogP contribution is 2.16. The highest BCUT2D eigenvalue weighted by molar-refractivity contribution is 6.06. The summed E-state index contributed by atoms with van der Waals surface area (Å²) in [6.07, 6.45) is 2.19. The van der Waals surface area contributed by atoms with Crippen LogP contribution < -0.4 is 5.32 Å². The van der Waals surface area contributed by atoms with Crippen molar-refractivity contribution in [2.24, 2.45) is 5.16 Å². The zero-order valence-electron chi connectivity index (χ0n) is 15.9. The van der Waals surface area contributed by atoms with Gasteiger partial charge in [-0.25, -0.2) is 0 Å². The van der Waals surface area contributed by atoms with E-state index < -0.39 is 10.8 Å². The molecule has 0 saturated heterocycles. The van der Waals surface area contributed by atoms with Crippen molar-refractivity contribution in [1.29, 1.82) is 0 Å². The third kappa shape index (κ3) is 7.06. The maximum Gasteiger partial charge on any atom is 0.305 e. The minimum Gasteiger partial charge on any atom is -0.466 e. The second-order valence-electron chi connectivity index (χ2n) is 5.82. The van der Waals surface area contributed by atoms with Gasteiger partial charge in [0.05, 0.1) is 17.7 Å². The van der Waals surface area contributed by atoms with E-state index in [9.17, 15) is 19.7 Å². The number of nitrogens with zero attached hydrogens (tertiary/aromatic N) is 2. The summed E-state index contributed by atoms with van der Waals surface area (Å²) in [7, 11) is 0. The lowest BCUT2D eigenvalue weighted by atomic mass is 10.1. The molecule has 0 radical (unpaired) electrons. The number of hydrogen-bond acceptors (Lipinski definition) is 7. The van der Waals surface area contributed by atoms with Gasteiger partial charge in [0.25, 0.3) is 11.6 Å². The van der Waals surface area contributed by atoms with E-state index in [0.717, 1.165) is 0 Å². The van der Waals surface area contributed by atoms with Crippen LogP contribution in [0.25, 0.3) is 0 Å². The number of ether oxygens (including phenoxy) is 1. The number of benzene rings is 2. The molecule has 0 fully saturated rings. The van der Waals surface area contributed by atoms with Crippen molar-refractivity contribution < 1.29 is 24.1 Å². The molecule has 0 aromatic heterocycles. The van der Waals surface area contributed by atoms with Gasteiger partial charge in [0, 0.05) is 35.4 Å². The highest BCUT2D eigenvalue weighted by Gasteiger charge is 2.11. The quantitative estimate of drug-likeness (QED) is 0.214. The summed E-state index contributed by atoms with van der Waals surface area (Å²) in [4.78, 5) is 38.9. The zero-order chi connectivity index (χ0) is 21.1. The molecule has 0 unspecified atom stereocenters.